The second kappa shape index (κ2) is 6.25. The lowest BCUT2D eigenvalue weighted by Crippen LogP contribution is -2.49. The third-order valence-corrected chi connectivity index (χ3v) is 6.92. The van der Waals surface area contributed by atoms with Crippen LogP contribution in [0.15, 0.2) is 35.5 Å². The summed E-state index contributed by atoms with van der Waals surface area (Å²) in [6, 6.07) is 3.63. The van der Waals surface area contributed by atoms with E-state index in [1.165, 1.54) is 29.6 Å². The van der Waals surface area contributed by atoms with Crippen LogP contribution in [0, 0.1) is 0 Å². The highest BCUT2D eigenvalue weighted by atomic mass is 32.2. The molecular weight excluding hydrogens is 370 g/mol. The number of hydrogen-bond acceptors (Lipinski definition) is 6. The van der Waals surface area contributed by atoms with Gasteiger partial charge in [-0.25, -0.2) is 13.4 Å². The number of aryl methyl sites for hydroxylation is 1. The van der Waals surface area contributed by atoms with Crippen LogP contribution in [0.2, 0.25) is 0 Å². The molecule has 1 atom stereocenters. The number of nitrogens with zero attached hydrogens (tertiary/aromatic N) is 4. The fourth-order valence-electron chi connectivity index (χ4n) is 3.53. The molecule has 9 nitrogen and oxygen atoms in total. The van der Waals surface area contributed by atoms with Crippen LogP contribution in [-0.2, 0) is 17.1 Å². The maximum absolute atomic E-state index is 13.3. The summed E-state index contributed by atoms with van der Waals surface area (Å²) in [4.78, 5) is 29.6. The molecule has 4 rings (SSSR count). The van der Waals surface area contributed by atoms with Gasteiger partial charge in [0.2, 0.25) is 10.0 Å². The summed E-state index contributed by atoms with van der Waals surface area (Å²) in [5.74, 6) is -0.280. The molecule has 0 saturated carbocycles. The van der Waals surface area contributed by atoms with Crippen LogP contribution in [0.1, 0.15) is 32.6 Å². The van der Waals surface area contributed by atoms with Gasteiger partial charge >= 0.3 is 0 Å². The molecule has 3 heterocycles. The Morgan fingerprint density at radius 3 is 2.59 bits per heavy atom. The van der Waals surface area contributed by atoms with E-state index in [4.69, 9.17) is 0 Å². The Hall–Kier alpha value is -2.56. The van der Waals surface area contributed by atoms with Gasteiger partial charge in [0.05, 0.1) is 22.1 Å². The van der Waals surface area contributed by atoms with Crippen molar-refractivity contribution in [1.82, 2.24) is 24.1 Å². The van der Waals surface area contributed by atoms with Gasteiger partial charge in [0.25, 0.3) is 11.8 Å². The van der Waals surface area contributed by atoms with Crippen molar-refractivity contribution in [2.75, 3.05) is 26.7 Å². The molecule has 2 aromatic rings. The molecule has 27 heavy (non-hydrogen) atoms. The summed E-state index contributed by atoms with van der Waals surface area (Å²) < 4.78 is 29.8. The number of nitrogens with one attached hydrogen (secondary N) is 1. The first-order chi connectivity index (χ1) is 12.8. The van der Waals surface area contributed by atoms with Crippen molar-refractivity contribution in [2.45, 2.75) is 10.9 Å². The first kappa shape index (κ1) is 17.8. The van der Waals surface area contributed by atoms with E-state index >= 15 is 0 Å². The van der Waals surface area contributed by atoms with E-state index in [1.807, 2.05) is 7.05 Å². The summed E-state index contributed by atoms with van der Waals surface area (Å²) in [5, 5.41) is 3.20. The minimum atomic E-state index is -3.88. The van der Waals surface area contributed by atoms with Crippen LogP contribution in [-0.4, -0.2) is 65.7 Å². The molecule has 0 bridgehead atoms. The van der Waals surface area contributed by atoms with E-state index in [1.54, 1.807) is 17.0 Å². The number of hydrogen-bond donors (Lipinski definition) is 1. The molecule has 0 radical (unpaired) electrons. The second-order valence-corrected chi connectivity index (χ2v) is 8.50. The Bertz CT molecular complexity index is 1050. The number of aromatic nitrogens is 2. The zero-order valence-corrected chi connectivity index (χ0v) is 15.7. The maximum atomic E-state index is 13.3. The quantitative estimate of drug-likeness (QED) is 0.740. The van der Waals surface area contributed by atoms with Crippen molar-refractivity contribution >= 4 is 21.8 Å². The molecular formula is C17H19N5O4S. The lowest BCUT2D eigenvalue weighted by atomic mass is 10.1. The van der Waals surface area contributed by atoms with Crippen LogP contribution in [0.3, 0.4) is 0 Å². The molecule has 10 heteroatoms. The van der Waals surface area contributed by atoms with E-state index in [-0.39, 0.29) is 22.6 Å². The fraction of sp³-hybridized carbons (Fsp3) is 0.353. The Kier molecular flexibility index (Phi) is 4.13. The SMILES string of the molecule is CN1C(=O)c2ccc(S(=O)(=O)N3CCNCC3c3nccn3C)cc2C1=O. The highest BCUT2D eigenvalue weighted by molar-refractivity contribution is 7.89. The number of imide groups is 1. The Labute approximate surface area is 156 Å². The predicted octanol–water partition coefficient (Wildman–Crippen LogP) is -0.0189. The molecule has 1 fully saturated rings. The fourth-order valence-corrected chi connectivity index (χ4v) is 5.14. The van der Waals surface area contributed by atoms with E-state index < -0.39 is 27.9 Å². The second-order valence-electron chi connectivity index (χ2n) is 6.61. The van der Waals surface area contributed by atoms with Gasteiger partial charge in [-0.2, -0.15) is 4.31 Å². The molecule has 1 unspecified atom stereocenters. The minimum absolute atomic E-state index is 0.00110. The number of carbonyl (C=O) groups is 2. The van der Waals surface area contributed by atoms with Gasteiger partial charge in [-0.1, -0.05) is 0 Å². The van der Waals surface area contributed by atoms with Crippen molar-refractivity contribution < 1.29 is 18.0 Å². The first-order valence-electron chi connectivity index (χ1n) is 8.48. The topological polar surface area (TPSA) is 105 Å². The van der Waals surface area contributed by atoms with E-state index in [9.17, 15) is 18.0 Å². The first-order valence-corrected chi connectivity index (χ1v) is 9.92. The average molecular weight is 389 g/mol. The van der Waals surface area contributed by atoms with Crippen molar-refractivity contribution in [1.29, 1.82) is 0 Å². The average Bonchev–Trinajstić information content (AvgIpc) is 3.19. The van der Waals surface area contributed by atoms with E-state index in [0.29, 0.717) is 18.9 Å². The molecule has 1 N–H and O–H groups in total. The number of sulfonamides is 1. The third kappa shape index (κ3) is 2.68. The summed E-state index contributed by atoms with van der Waals surface area (Å²) in [6.45, 7) is 1.24. The van der Waals surface area contributed by atoms with Gasteiger partial charge in [-0.3, -0.25) is 14.5 Å². The third-order valence-electron chi connectivity index (χ3n) is 5.02. The highest BCUT2D eigenvalue weighted by Crippen LogP contribution is 2.30. The molecule has 2 aliphatic heterocycles. The molecule has 0 aliphatic carbocycles. The lowest BCUT2D eigenvalue weighted by molar-refractivity contribution is 0.0693. The van der Waals surface area contributed by atoms with Gasteiger partial charge in [0.15, 0.2) is 0 Å². The maximum Gasteiger partial charge on any atom is 0.261 e. The monoisotopic (exact) mass is 389 g/mol. The molecule has 1 aromatic heterocycles. The van der Waals surface area contributed by atoms with Crippen LogP contribution in [0.5, 0.6) is 0 Å². The van der Waals surface area contributed by atoms with Gasteiger partial charge in [0.1, 0.15) is 5.82 Å². The number of benzene rings is 1. The lowest BCUT2D eigenvalue weighted by Gasteiger charge is -2.34. The van der Waals surface area contributed by atoms with Gasteiger partial charge in [-0.15, -0.1) is 0 Å². The van der Waals surface area contributed by atoms with Crippen molar-refractivity contribution in [3.05, 3.63) is 47.5 Å². The van der Waals surface area contributed by atoms with Gasteiger partial charge < -0.3 is 9.88 Å². The summed E-state index contributed by atoms with van der Waals surface area (Å²) in [7, 11) is -0.678. The largest absolute Gasteiger partial charge is 0.337 e. The standard InChI is InChI=1S/C17H19N5O4S/c1-20-7-6-19-15(20)14-10-18-5-8-22(14)27(25,26)11-3-4-12-13(9-11)17(24)21(2)16(12)23/h3-4,6-7,9,14,18H,5,8,10H2,1-2H3. The predicted molar refractivity (Wildman–Crippen MR) is 95.6 cm³/mol. The highest BCUT2D eigenvalue weighted by Gasteiger charge is 2.39. The number of piperazine rings is 1. The van der Waals surface area contributed by atoms with Crippen LogP contribution in [0.4, 0.5) is 0 Å². The summed E-state index contributed by atoms with van der Waals surface area (Å²) in [6.07, 6.45) is 3.40. The smallest absolute Gasteiger partial charge is 0.261 e. The number of amides is 2. The minimum Gasteiger partial charge on any atom is -0.337 e. The number of rotatable bonds is 3. The summed E-state index contributed by atoms with van der Waals surface area (Å²) in [5.41, 5.74) is 0.342. The Balaban J connectivity index is 1.76. The molecule has 0 spiro atoms. The van der Waals surface area contributed by atoms with E-state index in [2.05, 4.69) is 10.3 Å². The number of fused-ring (bicyclic) bond motifs is 1. The van der Waals surface area contributed by atoms with Crippen molar-refractivity contribution in [3.8, 4) is 0 Å². The Morgan fingerprint density at radius 2 is 1.89 bits per heavy atom. The van der Waals surface area contributed by atoms with Crippen LogP contribution >= 0.6 is 0 Å². The molecule has 1 saturated heterocycles. The van der Waals surface area contributed by atoms with Gasteiger partial charge in [0, 0.05) is 46.1 Å². The molecule has 142 valence electrons. The molecule has 2 amide bonds. The molecule has 1 aromatic carbocycles. The summed E-state index contributed by atoms with van der Waals surface area (Å²) >= 11 is 0. The van der Waals surface area contributed by atoms with Crippen molar-refractivity contribution in [3.63, 3.8) is 0 Å². The number of imidazole rings is 1. The number of carbonyl (C=O) groups excluding carboxylic acids is 2. The van der Waals surface area contributed by atoms with Crippen LogP contribution in [0.25, 0.3) is 0 Å². The zero-order chi connectivity index (χ0) is 19.3. The zero-order valence-electron chi connectivity index (χ0n) is 14.9. The van der Waals surface area contributed by atoms with Crippen molar-refractivity contribution in [2.24, 2.45) is 7.05 Å². The Morgan fingerprint density at radius 1 is 1.15 bits per heavy atom. The van der Waals surface area contributed by atoms with Gasteiger partial charge in [-0.05, 0) is 18.2 Å². The molecule has 2 aliphatic rings. The van der Waals surface area contributed by atoms with Crippen LogP contribution < -0.4 is 5.32 Å². The normalized spacial score (nSPS) is 21.0. The van der Waals surface area contributed by atoms with E-state index in [0.717, 1.165) is 4.90 Å².